The van der Waals surface area contributed by atoms with Gasteiger partial charge in [-0.1, -0.05) is 12.1 Å². The van der Waals surface area contributed by atoms with Gasteiger partial charge in [0.15, 0.2) is 17.2 Å². The molecule has 1 fully saturated rings. The molecule has 168 valence electrons. The van der Waals surface area contributed by atoms with Crippen LogP contribution >= 0.6 is 0 Å². The lowest BCUT2D eigenvalue weighted by molar-refractivity contribution is -0.162. The number of hydrogen-bond donors (Lipinski definition) is 3. The van der Waals surface area contributed by atoms with Gasteiger partial charge in [0, 0.05) is 5.92 Å². The van der Waals surface area contributed by atoms with Gasteiger partial charge in [-0.15, -0.1) is 0 Å². The van der Waals surface area contributed by atoms with E-state index in [0.717, 1.165) is 6.92 Å². The molecule has 2 aliphatic carbocycles. The molecule has 2 unspecified atom stereocenters. The van der Waals surface area contributed by atoms with Crippen LogP contribution < -0.4 is 0 Å². The fourth-order valence-corrected chi connectivity index (χ4v) is 5.44. The molecule has 2 aromatic rings. The number of aromatic hydroxyl groups is 2. The topological polar surface area (TPSA) is 132 Å². The van der Waals surface area contributed by atoms with Crippen molar-refractivity contribution in [1.82, 2.24) is 4.90 Å². The van der Waals surface area contributed by atoms with Crippen molar-refractivity contribution in [3.63, 3.8) is 0 Å². The fourth-order valence-electron chi connectivity index (χ4n) is 5.44. The third-order valence-electron chi connectivity index (χ3n) is 7.10. The Morgan fingerprint density at radius 1 is 1.09 bits per heavy atom. The molecule has 2 aliphatic rings. The molecule has 1 saturated carbocycles. The first-order valence-corrected chi connectivity index (χ1v) is 10.3. The number of rotatable bonds is 2. The summed E-state index contributed by atoms with van der Waals surface area (Å²) in [6.45, 7) is 4.44. The van der Waals surface area contributed by atoms with E-state index in [-0.39, 0.29) is 23.1 Å². The molecule has 0 radical (unpaired) electrons. The average molecular weight is 439 g/mol. The third-order valence-corrected chi connectivity index (χ3v) is 7.10. The lowest BCUT2D eigenvalue weighted by atomic mass is 9.57. The van der Waals surface area contributed by atoms with Crippen LogP contribution in [0.25, 0.3) is 10.8 Å². The quantitative estimate of drug-likeness (QED) is 0.596. The number of benzene rings is 2. The van der Waals surface area contributed by atoms with Crippen LogP contribution in [0.4, 0.5) is 0 Å². The molecule has 0 spiro atoms. The molecule has 0 heterocycles. The van der Waals surface area contributed by atoms with Crippen molar-refractivity contribution < 1.29 is 34.5 Å². The minimum Gasteiger partial charge on any atom is -0.507 e. The Labute approximate surface area is 184 Å². The van der Waals surface area contributed by atoms with Crippen LogP contribution in [0.2, 0.25) is 0 Å². The maximum atomic E-state index is 13.7. The van der Waals surface area contributed by atoms with Crippen molar-refractivity contribution in [3.8, 4) is 11.5 Å². The van der Waals surface area contributed by atoms with Crippen LogP contribution in [-0.4, -0.2) is 69.1 Å². The van der Waals surface area contributed by atoms with Gasteiger partial charge >= 0.3 is 0 Å². The van der Waals surface area contributed by atoms with Gasteiger partial charge in [0.05, 0.1) is 17.0 Å². The number of Topliss-reactive ketones (excluding diaryl/α,β-unsaturated/α-hetero) is 4. The number of fused-ring (bicyclic) bond motifs is 3. The van der Waals surface area contributed by atoms with Crippen molar-refractivity contribution in [1.29, 1.82) is 0 Å². The molecule has 4 atom stereocenters. The summed E-state index contributed by atoms with van der Waals surface area (Å²) in [5.74, 6) is -7.20. The molecule has 8 nitrogen and oxygen atoms in total. The molecular weight excluding hydrogens is 414 g/mol. The number of aliphatic hydroxyl groups is 1. The molecule has 3 N–H and O–H groups in total. The highest BCUT2D eigenvalue weighted by Crippen LogP contribution is 2.50. The average Bonchev–Trinajstić information content (AvgIpc) is 2.70. The minimum atomic E-state index is -2.65. The van der Waals surface area contributed by atoms with Gasteiger partial charge in [0.2, 0.25) is 5.78 Å². The van der Waals surface area contributed by atoms with Gasteiger partial charge in [-0.2, -0.15) is 0 Å². The predicted octanol–water partition coefficient (Wildman–Crippen LogP) is 1.24. The van der Waals surface area contributed by atoms with Crippen LogP contribution in [0.3, 0.4) is 0 Å². The molecule has 0 aromatic heterocycles. The SMILES string of the molecule is CC(=O)C1C(=O)[C@H](N(C)C)C2Cc3c(c(O)c4c(O)c(C)ccc4c3C)C(=O)[C@]2(O)C1=O. The second kappa shape index (κ2) is 6.95. The molecule has 0 bridgehead atoms. The molecule has 2 aromatic carbocycles. The number of phenolic OH excluding ortho intramolecular Hbond substituents is 2. The zero-order chi connectivity index (χ0) is 23.9. The number of hydrogen-bond acceptors (Lipinski definition) is 8. The first-order chi connectivity index (χ1) is 14.8. The molecule has 0 amide bonds. The monoisotopic (exact) mass is 439 g/mol. The molecule has 0 saturated heterocycles. The zero-order valence-electron chi connectivity index (χ0n) is 18.5. The van der Waals surface area contributed by atoms with Crippen molar-refractivity contribution in [2.75, 3.05) is 14.1 Å². The van der Waals surface area contributed by atoms with E-state index in [0.29, 0.717) is 22.1 Å². The minimum absolute atomic E-state index is 0.0352. The largest absolute Gasteiger partial charge is 0.507 e. The predicted molar refractivity (Wildman–Crippen MR) is 115 cm³/mol. The van der Waals surface area contributed by atoms with Crippen LogP contribution in [0.1, 0.15) is 34.0 Å². The summed E-state index contributed by atoms with van der Waals surface area (Å²) in [5.41, 5.74) is -1.41. The Kier molecular flexibility index (Phi) is 4.80. The number of ketones is 4. The van der Waals surface area contributed by atoms with Gasteiger partial charge in [-0.05, 0) is 63.4 Å². The van der Waals surface area contributed by atoms with E-state index >= 15 is 0 Å². The first kappa shape index (κ1) is 22.1. The lowest BCUT2D eigenvalue weighted by Gasteiger charge is -2.48. The number of phenols is 2. The van der Waals surface area contributed by atoms with E-state index < -0.39 is 52.4 Å². The van der Waals surface area contributed by atoms with Gasteiger partial charge in [-0.25, -0.2) is 0 Å². The van der Waals surface area contributed by atoms with E-state index in [9.17, 15) is 34.5 Å². The van der Waals surface area contributed by atoms with E-state index in [1.54, 1.807) is 40.1 Å². The van der Waals surface area contributed by atoms with Crippen molar-refractivity contribution in [3.05, 3.63) is 34.4 Å². The van der Waals surface area contributed by atoms with E-state index in [1.165, 1.54) is 4.90 Å². The second-order valence-corrected chi connectivity index (χ2v) is 9.11. The summed E-state index contributed by atoms with van der Waals surface area (Å²) in [6, 6.07) is 2.36. The normalized spacial score (nSPS) is 27.6. The van der Waals surface area contributed by atoms with Crippen molar-refractivity contribution in [2.24, 2.45) is 11.8 Å². The van der Waals surface area contributed by atoms with Crippen LogP contribution in [0.15, 0.2) is 12.1 Å². The van der Waals surface area contributed by atoms with Gasteiger partial charge in [-0.3, -0.25) is 24.1 Å². The standard InChI is InChI=1S/C24H25NO7/c1-9-6-7-12-10(2)13-8-14-18(25(4)5)21(29)15(11(3)26)22(30)24(14,32)23(31)17(13)20(28)16(12)19(9)27/h6-7,14-15,18,27-28,32H,8H2,1-5H3/t14?,15?,18-,24-/m1/s1. The molecule has 0 aliphatic heterocycles. The van der Waals surface area contributed by atoms with E-state index in [4.69, 9.17) is 0 Å². The third kappa shape index (κ3) is 2.56. The Morgan fingerprint density at radius 3 is 2.28 bits per heavy atom. The fraction of sp³-hybridized carbons (Fsp3) is 0.417. The van der Waals surface area contributed by atoms with Crippen LogP contribution in [-0.2, 0) is 20.8 Å². The summed E-state index contributed by atoms with van der Waals surface area (Å²) in [5, 5.41) is 33.7. The highest BCUT2D eigenvalue weighted by atomic mass is 16.3. The smallest absolute Gasteiger partial charge is 0.206 e. The highest BCUT2D eigenvalue weighted by molar-refractivity contribution is 6.33. The molecule has 4 rings (SSSR count). The van der Waals surface area contributed by atoms with Crippen LogP contribution in [0.5, 0.6) is 11.5 Å². The van der Waals surface area contributed by atoms with Gasteiger partial charge in [0.25, 0.3) is 0 Å². The van der Waals surface area contributed by atoms with Crippen LogP contribution in [0, 0.1) is 25.7 Å². The van der Waals surface area contributed by atoms with E-state index in [2.05, 4.69) is 0 Å². The number of carbonyl (C=O) groups is 4. The van der Waals surface area contributed by atoms with E-state index in [1.807, 2.05) is 0 Å². The second-order valence-electron chi connectivity index (χ2n) is 9.11. The Balaban J connectivity index is 2.07. The number of likely N-dealkylation sites (N-methyl/N-ethyl adjacent to an activating group) is 1. The maximum Gasteiger partial charge on any atom is 0.206 e. The summed E-state index contributed by atoms with van der Waals surface area (Å²) in [4.78, 5) is 53.7. The summed E-state index contributed by atoms with van der Waals surface area (Å²) < 4.78 is 0. The van der Waals surface area contributed by atoms with Gasteiger partial charge in [0.1, 0.15) is 23.2 Å². The Morgan fingerprint density at radius 2 is 1.72 bits per heavy atom. The number of carbonyl (C=O) groups excluding carboxylic acids is 4. The summed E-state index contributed by atoms with van der Waals surface area (Å²) in [7, 11) is 3.17. The first-order valence-electron chi connectivity index (χ1n) is 10.3. The molecular formula is C24H25NO7. The lowest BCUT2D eigenvalue weighted by Crippen LogP contribution is -2.71. The summed E-state index contributed by atoms with van der Waals surface area (Å²) in [6.07, 6.45) is -0.0352. The molecule has 32 heavy (non-hydrogen) atoms. The summed E-state index contributed by atoms with van der Waals surface area (Å²) >= 11 is 0. The van der Waals surface area contributed by atoms with Crippen molar-refractivity contribution in [2.45, 2.75) is 38.8 Å². The van der Waals surface area contributed by atoms with Gasteiger partial charge < -0.3 is 15.3 Å². The maximum absolute atomic E-state index is 13.7. The van der Waals surface area contributed by atoms with Crippen molar-refractivity contribution >= 4 is 33.9 Å². The molecule has 8 heteroatoms. The zero-order valence-corrected chi connectivity index (χ0v) is 18.5. The number of aryl methyl sites for hydroxylation is 2. The highest BCUT2D eigenvalue weighted by Gasteiger charge is 2.66. The number of nitrogens with zero attached hydrogens (tertiary/aromatic N) is 1. The Bertz CT molecular complexity index is 1250. The Hall–Kier alpha value is -3.10.